The van der Waals surface area contributed by atoms with Gasteiger partial charge in [0.2, 0.25) is 0 Å². The molecule has 2 rings (SSSR count). The summed E-state index contributed by atoms with van der Waals surface area (Å²) < 4.78 is 13.9. The number of carbonyl (C=O) groups excluding carboxylic acids is 1. The van der Waals surface area contributed by atoms with Crippen LogP contribution < -0.4 is 0 Å². The molecule has 0 bridgehead atoms. The molecule has 1 heterocycles. The van der Waals surface area contributed by atoms with Gasteiger partial charge in [-0.05, 0) is 18.6 Å². The molecule has 5 heteroatoms. The smallest absolute Gasteiger partial charge is 0.256 e. The zero-order valence-electron chi connectivity index (χ0n) is 11.1. The van der Waals surface area contributed by atoms with Crippen molar-refractivity contribution in [3.05, 3.63) is 35.1 Å². The summed E-state index contributed by atoms with van der Waals surface area (Å²) in [5.41, 5.74) is 0.639. The fraction of sp³-hybridized carbons (Fsp3) is 0.500. The Labute approximate surface area is 112 Å². The Kier molecular flexibility index (Phi) is 4.50. The second-order valence-corrected chi connectivity index (χ2v) is 4.79. The highest BCUT2D eigenvalue weighted by molar-refractivity contribution is 5.94. The molecule has 1 N–H and O–H groups in total. The number of amides is 1. The van der Waals surface area contributed by atoms with Crippen molar-refractivity contribution in [1.29, 1.82) is 0 Å². The molecule has 1 amide bonds. The molecule has 1 aromatic rings. The number of rotatable bonds is 3. The molecule has 1 saturated heterocycles. The largest absolute Gasteiger partial charge is 0.395 e. The molecule has 1 aliphatic heterocycles. The van der Waals surface area contributed by atoms with Crippen molar-refractivity contribution >= 4 is 5.91 Å². The first-order valence-corrected chi connectivity index (χ1v) is 6.51. The molecule has 0 radical (unpaired) electrons. The van der Waals surface area contributed by atoms with Crippen molar-refractivity contribution in [2.75, 3.05) is 39.3 Å². The van der Waals surface area contributed by atoms with Gasteiger partial charge < -0.3 is 10.0 Å². The Balaban J connectivity index is 2.03. The van der Waals surface area contributed by atoms with E-state index in [4.69, 9.17) is 5.11 Å². The first kappa shape index (κ1) is 14.0. The van der Waals surface area contributed by atoms with Crippen molar-refractivity contribution in [3.63, 3.8) is 0 Å². The second-order valence-electron chi connectivity index (χ2n) is 4.79. The number of piperazine rings is 1. The zero-order valence-corrected chi connectivity index (χ0v) is 11.1. The van der Waals surface area contributed by atoms with E-state index < -0.39 is 5.82 Å². The summed E-state index contributed by atoms with van der Waals surface area (Å²) in [7, 11) is 0. The van der Waals surface area contributed by atoms with E-state index in [1.54, 1.807) is 24.0 Å². The molecule has 0 spiro atoms. The quantitative estimate of drug-likeness (QED) is 0.883. The van der Waals surface area contributed by atoms with Crippen molar-refractivity contribution < 1.29 is 14.3 Å². The maximum atomic E-state index is 13.9. The molecular weight excluding hydrogens is 247 g/mol. The molecule has 4 nitrogen and oxygen atoms in total. The number of aliphatic hydroxyl groups excluding tert-OH is 1. The summed E-state index contributed by atoms with van der Waals surface area (Å²) >= 11 is 0. The zero-order chi connectivity index (χ0) is 13.8. The Hall–Kier alpha value is -1.46. The highest BCUT2D eigenvalue weighted by Gasteiger charge is 2.24. The molecule has 0 aromatic heterocycles. The molecular formula is C14H19FN2O2. The molecule has 19 heavy (non-hydrogen) atoms. The van der Waals surface area contributed by atoms with Crippen LogP contribution in [0.2, 0.25) is 0 Å². The average molecular weight is 266 g/mol. The van der Waals surface area contributed by atoms with Gasteiger partial charge in [-0.25, -0.2) is 4.39 Å². The molecule has 1 aliphatic rings. The topological polar surface area (TPSA) is 43.8 Å². The second kappa shape index (κ2) is 6.12. The van der Waals surface area contributed by atoms with Gasteiger partial charge in [0, 0.05) is 32.7 Å². The van der Waals surface area contributed by atoms with E-state index in [0.29, 0.717) is 25.2 Å². The Bertz CT molecular complexity index is 457. The van der Waals surface area contributed by atoms with E-state index in [1.807, 2.05) is 0 Å². The summed E-state index contributed by atoms with van der Waals surface area (Å²) in [5, 5.41) is 8.87. The minimum absolute atomic E-state index is 0.125. The molecule has 0 saturated carbocycles. The van der Waals surface area contributed by atoms with Crippen molar-refractivity contribution in [2.24, 2.45) is 0 Å². The summed E-state index contributed by atoms with van der Waals surface area (Å²) in [4.78, 5) is 16.0. The fourth-order valence-electron chi connectivity index (χ4n) is 2.30. The molecule has 1 fully saturated rings. The highest BCUT2D eigenvalue weighted by Crippen LogP contribution is 2.15. The predicted octanol–water partition coefficient (Wildman–Crippen LogP) is 0.884. The molecule has 104 valence electrons. The van der Waals surface area contributed by atoms with Crippen molar-refractivity contribution in [3.8, 4) is 0 Å². The van der Waals surface area contributed by atoms with Crippen LogP contribution in [0.15, 0.2) is 18.2 Å². The average Bonchev–Trinajstić information content (AvgIpc) is 2.42. The van der Waals surface area contributed by atoms with E-state index in [2.05, 4.69) is 4.90 Å². The first-order chi connectivity index (χ1) is 9.13. The van der Waals surface area contributed by atoms with Crippen LogP contribution in [-0.2, 0) is 0 Å². The highest BCUT2D eigenvalue weighted by atomic mass is 19.1. The van der Waals surface area contributed by atoms with Gasteiger partial charge in [0.25, 0.3) is 5.91 Å². The van der Waals surface area contributed by atoms with Crippen molar-refractivity contribution in [2.45, 2.75) is 6.92 Å². The van der Waals surface area contributed by atoms with Gasteiger partial charge in [-0.2, -0.15) is 0 Å². The van der Waals surface area contributed by atoms with Gasteiger partial charge in [-0.3, -0.25) is 9.69 Å². The van der Waals surface area contributed by atoms with E-state index in [9.17, 15) is 9.18 Å². The summed E-state index contributed by atoms with van der Waals surface area (Å²) in [6.07, 6.45) is 0. The normalized spacial score (nSPS) is 16.7. The van der Waals surface area contributed by atoms with Crippen LogP contribution in [0, 0.1) is 12.7 Å². The molecule has 0 atom stereocenters. The van der Waals surface area contributed by atoms with Gasteiger partial charge in [0.15, 0.2) is 0 Å². The third kappa shape index (κ3) is 3.11. The predicted molar refractivity (Wildman–Crippen MR) is 70.6 cm³/mol. The Morgan fingerprint density at radius 3 is 2.63 bits per heavy atom. The van der Waals surface area contributed by atoms with E-state index in [-0.39, 0.29) is 18.1 Å². The maximum Gasteiger partial charge on any atom is 0.256 e. The summed E-state index contributed by atoms with van der Waals surface area (Å²) in [6.45, 7) is 5.00. The lowest BCUT2D eigenvalue weighted by Crippen LogP contribution is -2.49. The van der Waals surface area contributed by atoms with Gasteiger partial charge in [-0.15, -0.1) is 0 Å². The number of benzene rings is 1. The van der Waals surface area contributed by atoms with Crippen LogP contribution >= 0.6 is 0 Å². The fourth-order valence-corrected chi connectivity index (χ4v) is 2.30. The first-order valence-electron chi connectivity index (χ1n) is 6.51. The minimum atomic E-state index is -0.426. The van der Waals surface area contributed by atoms with E-state index >= 15 is 0 Å². The SMILES string of the molecule is Cc1cccc(C(=O)N2CCN(CCO)CC2)c1F. The van der Waals surface area contributed by atoms with Gasteiger partial charge in [0.1, 0.15) is 5.82 Å². The minimum Gasteiger partial charge on any atom is -0.395 e. The number of hydrogen-bond donors (Lipinski definition) is 1. The monoisotopic (exact) mass is 266 g/mol. The van der Waals surface area contributed by atoms with Crippen LogP contribution in [0.5, 0.6) is 0 Å². The van der Waals surface area contributed by atoms with Gasteiger partial charge >= 0.3 is 0 Å². The number of carbonyl (C=O) groups is 1. The summed E-state index contributed by atoms with van der Waals surface area (Å²) in [5.74, 6) is -0.671. The van der Waals surface area contributed by atoms with Crippen LogP contribution in [0.25, 0.3) is 0 Å². The van der Waals surface area contributed by atoms with Gasteiger partial charge in [0.05, 0.1) is 12.2 Å². The number of nitrogens with zero attached hydrogens (tertiary/aromatic N) is 2. The molecule has 0 aliphatic carbocycles. The number of aliphatic hydroxyl groups is 1. The van der Waals surface area contributed by atoms with Crippen molar-refractivity contribution in [1.82, 2.24) is 9.80 Å². The van der Waals surface area contributed by atoms with Crippen LogP contribution in [0.1, 0.15) is 15.9 Å². The van der Waals surface area contributed by atoms with Crippen LogP contribution in [0.3, 0.4) is 0 Å². The van der Waals surface area contributed by atoms with Crippen LogP contribution in [0.4, 0.5) is 4.39 Å². The number of β-amino-alcohol motifs (C(OH)–C–C–N with tert-alkyl or cyclic N) is 1. The standard InChI is InChI=1S/C14H19FN2O2/c1-11-3-2-4-12(13(11)15)14(19)17-7-5-16(6-8-17)9-10-18/h2-4,18H,5-10H2,1H3. The third-order valence-corrected chi connectivity index (χ3v) is 3.50. The third-order valence-electron chi connectivity index (χ3n) is 3.50. The Morgan fingerprint density at radius 2 is 2.00 bits per heavy atom. The Morgan fingerprint density at radius 1 is 1.32 bits per heavy atom. The van der Waals surface area contributed by atoms with E-state index in [1.165, 1.54) is 6.07 Å². The lowest BCUT2D eigenvalue weighted by molar-refractivity contribution is 0.0610. The van der Waals surface area contributed by atoms with Gasteiger partial charge in [-0.1, -0.05) is 12.1 Å². The lowest BCUT2D eigenvalue weighted by atomic mass is 10.1. The van der Waals surface area contributed by atoms with Crippen LogP contribution in [-0.4, -0.2) is 60.1 Å². The molecule has 0 unspecified atom stereocenters. The molecule has 1 aromatic carbocycles. The summed E-state index contributed by atoms with van der Waals surface area (Å²) in [6, 6.07) is 4.89. The maximum absolute atomic E-state index is 13.9. The number of hydrogen-bond acceptors (Lipinski definition) is 3. The van der Waals surface area contributed by atoms with E-state index in [0.717, 1.165) is 13.1 Å². The number of halogens is 1. The lowest BCUT2D eigenvalue weighted by Gasteiger charge is -2.34. The number of aryl methyl sites for hydroxylation is 1.